The van der Waals surface area contributed by atoms with E-state index in [1.165, 1.54) is 4.88 Å². The fourth-order valence-corrected chi connectivity index (χ4v) is 2.78. The van der Waals surface area contributed by atoms with Crippen LogP contribution >= 0.6 is 23.6 Å². The molecule has 0 aliphatic carbocycles. The first-order chi connectivity index (χ1) is 7.24. The SMILES string of the molecule is CCC(c1cccs1)n1c(N)n[nH]c1=S. The molecule has 2 aromatic rings. The Morgan fingerprint density at radius 2 is 2.53 bits per heavy atom. The summed E-state index contributed by atoms with van der Waals surface area (Å²) in [7, 11) is 0. The van der Waals surface area contributed by atoms with E-state index in [1.807, 2.05) is 10.6 Å². The van der Waals surface area contributed by atoms with Crippen molar-refractivity contribution in [3.05, 3.63) is 27.2 Å². The molecule has 0 aromatic carbocycles. The predicted octanol–water partition coefficient (Wildman–Crippen LogP) is 2.58. The summed E-state index contributed by atoms with van der Waals surface area (Å²) in [6.45, 7) is 2.11. The molecule has 0 bridgehead atoms. The van der Waals surface area contributed by atoms with E-state index in [4.69, 9.17) is 18.0 Å². The van der Waals surface area contributed by atoms with Gasteiger partial charge in [-0.15, -0.1) is 16.4 Å². The van der Waals surface area contributed by atoms with Crippen molar-refractivity contribution in [3.63, 3.8) is 0 Å². The minimum Gasteiger partial charge on any atom is -0.368 e. The zero-order valence-electron chi connectivity index (χ0n) is 8.30. The average molecular weight is 240 g/mol. The molecule has 2 aromatic heterocycles. The number of hydrogen-bond donors (Lipinski definition) is 2. The standard InChI is InChI=1S/C9H12N4S2/c1-2-6(7-4-3-5-15-7)13-8(10)11-12-9(13)14/h3-6H,2H2,1H3,(H2,10,11)(H,12,14). The Bertz CT molecular complexity index is 482. The molecule has 4 nitrogen and oxygen atoms in total. The van der Waals surface area contributed by atoms with Crippen LogP contribution in [0.2, 0.25) is 0 Å². The van der Waals surface area contributed by atoms with Gasteiger partial charge in [-0.1, -0.05) is 13.0 Å². The van der Waals surface area contributed by atoms with Crippen molar-refractivity contribution in [1.29, 1.82) is 0 Å². The topological polar surface area (TPSA) is 59.6 Å². The van der Waals surface area contributed by atoms with Crippen LogP contribution in [-0.4, -0.2) is 14.8 Å². The molecule has 1 unspecified atom stereocenters. The summed E-state index contributed by atoms with van der Waals surface area (Å²) in [5, 5.41) is 8.69. The number of nitrogens with two attached hydrogens (primary N) is 1. The lowest BCUT2D eigenvalue weighted by Crippen LogP contribution is -2.11. The summed E-state index contributed by atoms with van der Waals surface area (Å²) in [6.07, 6.45) is 0.943. The number of aromatic amines is 1. The minimum absolute atomic E-state index is 0.191. The second kappa shape index (κ2) is 4.16. The molecule has 0 radical (unpaired) electrons. The first-order valence-corrected chi connectivity index (χ1v) is 5.98. The molecule has 0 aliphatic heterocycles. The highest BCUT2D eigenvalue weighted by molar-refractivity contribution is 7.71. The highest BCUT2D eigenvalue weighted by Gasteiger charge is 2.16. The number of nitrogens with zero attached hydrogens (tertiary/aromatic N) is 2. The van der Waals surface area contributed by atoms with Crippen LogP contribution in [0.3, 0.4) is 0 Å². The van der Waals surface area contributed by atoms with Crippen molar-refractivity contribution in [2.75, 3.05) is 5.73 Å². The molecule has 2 heterocycles. The van der Waals surface area contributed by atoms with Gasteiger partial charge < -0.3 is 5.73 Å². The number of anilines is 1. The fourth-order valence-electron chi connectivity index (χ4n) is 1.61. The van der Waals surface area contributed by atoms with Crippen molar-refractivity contribution < 1.29 is 0 Å². The number of rotatable bonds is 3. The van der Waals surface area contributed by atoms with Crippen LogP contribution in [0.1, 0.15) is 24.3 Å². The first kappa shape index (κ1) is 10.4. The van der Waals surface area contributed by atoms with Gasteiger partial charge in [0.25, 0.3) is 0 Å². The van der Waals surface area contributed by atoms with Gasteiger partial charge in [-0.3, -0.25) is 4.57 Å². The summed E-state index contributed by atoms with van der Waals surface area (Å²) in [5.41, 5.74) is 5.78. The maximum absolute atomic E-state index is 5.78. The molecule has 80 valence electrons. The molecule has 2 rings (SSSR count). The molecule has 1 atom stereocenters. The van der Waals surface area contributed by atoms with E-state index in [2.05, 4.69) is 28.6 Å². The second-order valence-electron chi connectivity index (χ2n) is 3.20. The van der Waals surface area contributed by atoms with Crippen molar-refractivity contribution in [3.8, 4) is 0 Å². The third-order valence-electron chi connectivity index (χ3n) is 2.30. The molecule has 0 saturated carbocycles. The zero-order valence-corrected chi connectivity index (χ0v) is 9.94. The number of H-pyrrole nitrogens is 1. The van der Waals surface area contributed by atoms with Gasteiger partial charge >= 0.3 is 0 Å². The molecule has 0 saturated heterocycles. The monoisotopic (exact) mass is 240 g/mol. The summed E-state index contributed by atoms with van der Waals surface area (Å²) < 4.78 is 2.44. The Morgan fingerprint density at radius 1 is 1.73 bits per heavy atom. The highest BCUT2D eigenvalue weighted by Crippen LogP contribution is 2.27. The van der Waals surface area contributed by atoms with E-state index in [1.54, 1.807) is 11.3 Å². The molecule has 6 heteroatoms. The Morgan fingerprint density at radius 3 is 3.00 bits per heavy atom. The van der Waals surface area contributed by atoms with Crippen LogP contribution in [0.15, 0.2) is 17.5 Å². The van der Waals surface area contributed by atoms with E-state index in [9.17, 15) is 0 Å². The molecule has 0 spiro atoms. The van der Waals surface area contributed by atoms with Crippen molar-refractivity contribution >= 4 is 29.5 Å². The van der Waals surface area contributed by atoms with Gasteiger partial charge in [-0.2, -0.15) is 0 Å². The maximum atomic E-state index is 5.78. The zero-order chi connectivity index (χ0) is 10.8. The lowest BCUT2D eigenvalue weighted by atomic mass is 10.2. The number of aromatic nitrogens is 3. The Kier molecular flexibility index (Phi) is 2.88. The Hall–Kier alpha value is -1.14. The molecule has 0 amide bonds. The summed E-state index contributed by atoms with van der Waals surface area (Å²) >= 11 is 6.87. The largest absolute Gasteiger partial charge is 0.368 e. The molecule has 0 aliphatic rings. The maximum Gasteiger partial charge on any atom is 0.221 e. The molecule has 0 fully saturated rings. The van der Waals surface area contributed by atoms with Gasteiger partial charge in [0.2, 0.25) is 5.95 Å². The summed E-state index contributed by atoms with van der Waals surface area (Å²) in [4.78, 5) is 1.25. The number of hydrogen-bond acceptors (Lipinski definition) is 4. The van der Waals surface area contributed by atoms with Crippen molar-refractivity contribution in [2.24, 2.45) is 0 Å². The fraction of sp³-hybridized carbons (Fsp3) is 0.333. The third kappa shape index (κ3) is 1.82. The van der Waals surface area contributed by atoms with Crippen LogP contribution in [0.25, 0.3) is 0 Å². The van der Waals surface area contributed by atoms with Gasteiger partial charge in [0.05, 0.1) is 6.04 Å². The quantitative estimate of drug-likeness (QED) is 0.811. The van der Waals surface area contributed by atoms with Crippen LogP contribution in [0.5, 0.6) is 0 Å². The lowest BCUT2D eigenvalue weighted by molar-refractivity contribution is 0.575. The van der Waals surface area contributed by atoms with Crippen LogP contribution in [0, 0.1) is 4.77 Å². The van der Waals surface area contributed by atoms with E-state index in [-0.39, 0.29) is 6.04 Å². The van der Waals surface area contributed by atoms with Crippen LogP contribution in [0.4, 0.5) is 5.95 Å². The number of thiophene rings is 1. The van der Waals surface area contributed by atoms with Crippen LogP contribution in [-0.2, 0) is 0 Å². The Balaban J connectivity index is 2.48. The van der Waals surface area contributed by atoms with Crippen molar-refractivity contribution in [2.45, 2.75) is 19.4 Å². The molecular formula is C9H12N4S2. The number of nitrogens with one attached hydrogen (secondary N) is 1. The van der Waals surface area contributed by atoms with Gasteiger partial charge in [0, 0.05) is 4.88 Å². The van der Waals surface area contributed by atoms with E-state index in [0.29, 0.717) is 10.7 Å². The van der Waals surface area contributed by atoms with Gasteiger partial charge in [0.1, 0.15) is 0 Å². The minimum atomic E-state index is 0.191. The van der Waals surface area contributed by atoms with Crippen molar-refractivity contribution in [1.82, 2.24) is 14.8 Å². The molecule has 3 N–H and O–H groups in total. The predicted molar refractivity (Wildman–Crippen MR) is 64.6 cm³/mol. The number of nitrogen functional groups attached to an aromatic ring is 1. The molecular weight excluding hydrogens is 228 g/mol. The third-order valence-corrected chi connectivity index (χ3v) is 3.56. The van der Waals surface area contributed by atoms with Gasteiger partial charge in [0.15, 0.2) is 4.77 Å². The van der Waals surface area contributed by atoms with E-state index < -0.39 is 0 Å². The Labute approximate surface area is 96.7 Å². The summed E-state index contributed by atoms with van der Waals surface area (Å²) in [6, 6.07) is 4.31. The van der Waals surface area contributed by atoms with Gasteiger partial charge in [-0.25, -0.2) is 5.10 Å². The second-order valence-corrected chi connectivity index (χ2v) is 4.56. The summed E-state index contributed by atoms with van der Waals surface area (Å²) in [5.74, 6) is 0.445. The first-order valence-electron chi connectivity index (χ1n) is 4.69. The van der Waals surface area contributed by atoms with Gasteiger partial charge in [-0.05, 0) is 30.1 Å². The normalized spacial score (nSPS) is 12.9. The average Bonchev–Trinajstić information content (AvgIpc) is 2.83. The highest BCUT2D eigenvalue weighted by atomic mass is 32.1. The van der Waals surface area contributed by atoms with E-state index in [0.717, 1.165) is 6.42 Å². The van der Waals surface area contributed by atoms with E-state index >= 15 is 0 Å². The smallest absolute Gasteiger partial charge is 0.221 e. The molecule has 15 heavy (non-hydrogen) atoms. The lowest BCUT2D eigenvalue weighted by Gasteiger charge is -2.15. The van der Waals surface area contributed by atoms with Crippen LogP contribution < -0.4 is 5.73 Å².